The standard InChI is InChI=1S/C12H17O3Si/c13-12-9-6-7-5-8(9)11(15-12)10(7)14-3-1-2-4-16/h7-11H,1-6H2. The van der Waals surface area contributed by atoms with Crippen LogP contribution in [-0.2, 0) is 14.3 Å². The van der Waals surface area contributed by atoms with Crippen molar-refractivity contribution in [3.63, 3.8) is 0 Å². The molecule has 2 aliphatic carbocycles. The number of carbonyl (C=O) groups excluding carboxylic acids is 1. The third-order valence-electron chi connectivity index (χ3n) is 4.30. The maximum atomic E-state index is 11.5. The van der Waals surface area contributed by atoms with Crippen molar-refractivity contribution < 1.29 is 14.3 Å². The highest BCUT2D eigenvalue weighted by Crippen LogP contribution is 2.55. The van der Waals surface area contributed by atoms with Crippen molar-refractivity contribution in [2.75, 3.05) is 6.61 Å². The molecule has 2 bridgehead atoms. The minimum Gasteiger partial charge on any atom is -0.459 e. The van der Waals surface area contributed by atoms with Crippen LogP contribution in [-0.4, -0.2) is 35.0 Å². The van der Waals surface area contributed by atoms with Gasteiger partial charge in [0.15, 0.2) is 0 Å². The number of ether oxygens (including phenoxy) is 2. The minimum absolute atomic E-state index is 0.0313. The highest BCUT2D eigenvalue weighted by atomic mass is 28.1. The van der Waals surface area contributed by atoms with Gasteiger partial charge in [0.25, 0.3) is 0 Å². The summed E-state index contributed by atoms with van der Waals surface area (Å²) in [4.78, 5) is 11.5. The highest BCUT2D eigenvalue weighted by molar-refractivity contribution is 6.08. The molecule has 1 aliphatic heterocycles. The van der Waals surface area contributed by atoms with E-state index in [9.17, 15) is 4.79 Å². The van der Waals surface area contributed by atoms with E-state index >= 15 is 0 Å². The summed E-state index contributed by atoms with van der Waals surface area (Å²) in [6.45, 7) is 0.803. The Labute approximate surface area is 99.3 Å². The van der Waals surface area contributed by atoms with Gasteiger partial charge in [0.1, 0.15) is 6.10 Å². The molecule has 3 radical (unpaired) electrons. The highest BCUT2D eigenvalue weighted by Gasteiger charge is 2.62. The zero-order valence-electron chi connectivity index (χ0n) is 9.35. The Hall–Kier alpha value is -0.353. The summed E-state index contributed by atoms with van der Waals surface area (Å²) in [7, 11) is 3.46. The molecule has 3 nitrogen and oxygen atoms in total. The van der Waals surface area contributed by atoms with Crippen molar-refractivity contribution in [1.82, 2.24) is 0 Å². The number of rotatable bonds is 5. The van der Waals surface area contributed by atoms with Crippen LogP contribution in [0, 0.1) is 17.8 Å². The average Bonchev–Trinajstić information content (AvgIpc) is 2.87. The Morgan fingerprint density at radius 3 is 3.06 bits per heavy atom. The average molecular weight is 237 g/mol. The quantitative estimate of drug-likeness (QED) is 0.411. The van der Waals surface area contributed by atoms with Crippen molar-refractivity contribution in [3.8, 4) is 0 Å². The van der Waals surface area contributed by atoms with E-state index in [2.05, 4.69) is 10.2 Å². The maximum Gasteiger partial charge on any atom is 0.309 e. The van der Waals surface area contributed by atoms with Crippen LogP contribution in [0.3, 0.4) is 0 Å². The third kappa shape index (κ3) is 1.54. The smallest absolute Gasteiger partial charge is 0.309 e. The molecule has 3 fully saturated rings. The van der Waals surface area contributed by atoms with Crippen LogP contribution in [0.15, 0.2) is 0 Å². The molecule has 4 heteroatoms. The first kappa shape index (κ1) is 10.8. The second kappa shape index (κ2) is 4.15. The third-order valence-corrected chi connectivity index (χ3v) is 4.65. The van der Waals surface area contributed by atoms with Crippen molar-refractivity contribution in [3.05, 3.63) is 0 Å². The largest absolute Gasteiger partial charge is 0.459 e. The summed E-state index contributed by atoms with van der Waals surface area (Å²) < 4.78 is 11.4. The van der Waals surface area contributed by atoms with Gasteiger partial charge in [0.05, 0.1) is 12.0 Å². The van der Waals surface area contributed by atoms with Gasteiger partial charge in [-0.15, -0.1) is 0 Å². The van der Waals surface area contributed by atoms with Gasteiger partial charge in [-0.05, 0) is 25.2 Å². The van der Waals surface area contributed by atoms with E-state index in [1.54, 1.807) is 0 Å². The lowest BCUT2D eigenvalue weighted by atomic mass is 9.88. The second-order valence-corrected chi connectivity index (χ2v) is 5.70. The summed E-state index contributed by atoms with van der Waals surface area (Å²) in [5.74, 6) is 1.29. The zero-order chi connectivity index (χ0) is 11.1. The summed E-state index contributed by atoms with van der Waals surface area (Å²) >= 11 is 0. The van der Waals surface area contributed by atoms with Gasteiger partial charge in [0, 0.05) is 22.8 Å². The Kier molecular flexibility index (Phi) is 2.79. The Morgan fingerprint density at radius 2 is 2.25 bits per heavy atom. The molecule has 1 heterocycles. The van der Waals surface area contributed by atoms with Gasteiger partial charge >= 0.3 is 5.97 Å². The number of hydrogen-bond acceptors (Lipinski definition) is 3. The maximum absolute atomic E-state index is 11.5. The Balaban J connectivity index is 1.56. The van der Waals surface area contributed by atoms with Crippen molar-refractivity contribution in [2.24, 2.45) is 17.8 Å². The van der Waals surface area contributed by atoms with E-state index in [4.69, 9.17) is 9.47 Å². The molecule has 3 rings (SSSR count). The number of carbonyl (C=O) groups is 1. The number of fused-ring (bicyclic) bond motifs is 1. The molecular formula is C12H17O3Si. The topological polar surface area (TPSA) is 35.5 Å². The fraction of sp³-hybridized carbons (Fsp3) is 0.917. The molecule has 0 aromatic rings. The number of unbranched alkanes of at least 4 members (excludes halogenated alkanes) is 1. The Morgan fingerprint density at radius 1 is 1.38 bits per heavy atom. The molecule has 87 valence electrons. The number of esters is 1. The summed E-state index contributed by atoms with van der Waals surface area (Å²) in [6, 6.07) is 1.03. The van der Waals surface area contributed by atoms with E-state index in [1.165, 1.54) is 0 Å². The molecule has 1 saturated heterocycles. The molecule has 0 aromatic carbocycles. The molecule has 5 atom stereocenters. The van der Waals surface area contributed by atoms with E-state index < -0.39 is 0 Å². The molecule has 0 N–H and O–H groups in total. The summed E-state index contributed by atoms with van der Waals surface area (Å²) in [6.07, 6.45) is 4.65. The van der Waals surface area contributed by atoms with Gasteiger partial charge in [-0.25, -0.2) is 0 Å². The van der Waals surface area contributed by atoms with Crippen LogP contribution < -0.4 is 0 Å². The first-order valence-electron chi connectivity index (χ1n) is 6.28. The van der Waals surface area contributed by atoms with Gasteiger partial charge < -0.3 is 9.47 Å². The van der Waals surface area contributed by atoms with Crippen LogP contribution in [0.4, 0.5) is 0 Å². The first-order valence-corrected chi connectivity index (χ1v) is 6.98. The SMILES string of the molecule is O=C1OC2C3CC(CC13)C2OCCCC[Si]. The Bertz CT molecular complexity index is 294. The van der Waals surface area contributed by atoms with Crippen molar-refractivity contribution >= 4 is 16.2 Å². The molecule has 0 aromatic heterocycles. The molecular weight excluding hydrogens is 220 g/mol. The fourth-order valence-electron chi connectivity index (χ4n) is 3.58. The molecule has 16 heavy (non-hydrogen) atoms. The molecule has 0 spiro atoms. The summed E-state index contributed by atoms with van der Waals surface area (Å²) in [5, 5.41) is 0. The van der Waals surface area contributed by atoms with E-state index in [1.807, 2.05) is 0 Å². The minimum atomic E-state index is 0.0313. The van der Waals surface area contributed by atoms with Crippen molar-refractivity contribution in [1.29, 1.82) is 0 Å². The van der Waals surface area contributed by atoms with Crippen molar-refractivity contribution in [2.45, 2.75) is 43.9 Å². The van der Waals surface area contributed by atoms with E-state index in [0.717, 1.165) is 38.3 Å². The molecule has 2 saturated carbocycles. The van der Waals surface area contributed by atoms with Crippen LogP contribution in [0.1, 0.15) is 25.7 Å². The molecule has 0 amide bonds. The van der Waals surface area contributed by atoms with Gasteiger partial charge in [-0.2, -0.15) is 0 Å². The lowest BCUT2D eigenvalue weighted by Gasteiger charge is -2.25. The molecule has 5 unspecified atom stereocenters. The predicted molar refractivity (Wildman–Crippen MR) is 59.1 cm³/mol. The summed E-state index contributed by atoms with van der Waals surface area (Å²) in [5.41, 5.74) is 0. The lowest BCUT2D eigenvalue weighted by molar-refractivity contribution is -0.147. The first-order chi connectivity index (χ1) is 7.81. The number of hydrogen-bond donors (Lipinski definition) is 0. The predicted octanol–water partition coefficient (Wildman–Crippen LogP) is 1.32. The lowest BCUT2D eigenvalue weighted by Crippen LogP contribution is -2.34. The van der Waals surface area contributed by atoms with Crippen LogP contribution in [0.2, 0.25) is 6.04 Å². The normalized spacial score (nSPS) is 44.1. The van der Waals surface area contributed by atoms with E-state index in [-0.39, 0.29) is 24.1 Å². The van der Waals surface area contributed by atoms with Gasteiger partial charge in [-0.1, -0.05) is 12.5 Å². The molecule has 3 aliphatic rings. The zero-order valence-corrected chi connectivity index (χ0v) is 10.4. The fourth-order valence-corrected chi connectivity index (χ4v) is 3.83. The van der Waals surface area contributed by atoms with Gasteiger partial charge in [-0.3, -0.25) is 4.79 Å². The van der Waals surface area contributed by atoms with Gasteiger partial charge in [0.2, 0.25) is 0 Å². The van der Waals surface area contributed by atoms with Crippen LogP contribution >= 0.6 is 0 Å². The second-order valence-electron chi connectivity index (χ2n) is 5.20. The monoisotopic (exact) mass is 237 g/mol. The van der Waals surface area contributed by atoms with Crippen LogP contribution in [0.5, 0.6) is 0 Å². The van der Waals surface area contributed by atoms with Crippen LogP contribution in [0.25, 0.3) is 0 Å². The van der Waals surface area contributed by atoms with E-state index in [0.29, 0.717) is 11.8 Å².